The van der Waals surface area contributed by atoms with Crippen LogP contribution in [0.3, 0.4) is 0 Å². The second kappa shape index (κ2) is 8.89. The maximum atomic E-state index is 13.0. The van der Waals surface area contributed by atoms with Gasteiger partial charge in [0.15, 0.2) is 11.5 Å². The molecule has 1 aliphatic heterocycles. The highest BCUT2D eigenvalue weighted by molar-refractivity contribution is 14.1. The van der Waals surface area contributed by atoms with E-state index in [1.165, 1.54) is 6.21 Å². The number of ether oxygens (including phenoxy) is 2. The van der Waals surface area contributed by atoms with Crippen LogP contribution in [0.4, 0.5) is 0 Å². The zero-order chi connectivity index (χ0) is 22.0. The summed E-state index contributed by atoms with van der Waals surface area (Å²) in [6, 6.07) is 14.4. The van der Waals surface area contributed by atoms with Crippen LogP contribution in [0.15, 0.2) is 66.3 Å². The fourth-order valence-electron chi connectivity index (χ4n) is 3.45. The van der Waals surface area contributed by atoms with Gasteiger partial charge in [-0.05, 0) is 64.7 Å². The molecule has 1 aliphatic rings. The molecule has 6 nitrogen and oxygen atoms in total. The van der Waals surface area contributed by atoms with Gasteiger partial charge in [-0.3, -0.25) is 9.59 Å². The molecule has 3 aromatic rings. The van der Waals surface area contributed by atoms with Crippen LogP contribution in [0.25, 0.3) is 10.8 Å². The zero-order valence-corrected chi connectivity index (χ0v) is 19.0. The van der Waals surface area contributed by atoms with E-state index in [2.05, 4.69) is 34.3 Å². The van der Waals surface area contributed by atoms with Crippen molar-refractivity contribution >= 4 is 51.4 Å². The predicted octanol–water partition coefficient (Wildman–Crippen LogP) is 5.04. The quantitative estimate of drug-likeness (QED) is 0.187. The van der Waals surface area contributed by atoms with E-state index in [4.69, 9.17) is 9.47 Å². The molecule has 31 heavy (non-hydrogen) atoms. The lowest BCUT2D eigenvalue weighted by Gasteiger charge is -2.23. The van der Waals surface area contributed by atoms with Crippen LogP contribution >= 0.6 is 22.6 Å². The van der Waals surface area contributed by atoms with Crippen molar-refractivity contribution in [2.45, 2.75) is 6.92 Å². The Morgan fingerprint density at radius 2 is 1.74 bits per heavy atom. The van der Waals surface area contributed by atoms with Gasteiger partial charge in [0.2, 0.25) is 0 Å². The number of amides is 2. The van der Waals surface area contributed by atoms with Crippen molar-refractivity contribution < 1.29 is 19.1 Å². The number of imide groups is 1. The van der Waals surface area contributed by atoms with Gasteiger partial charge in [0.1, 0.15) is 6.61 Å². The van der Waals surface area contributed by atoms with Crippen molar-refractivity contribution in [1.82, 2.24) is 5.01 Å². The lowest BCUT2D eigenvalue weighted by Crippen LogP contribution is -2.36. The first-order chi connectivity index (χ1) is 15.0. The Hall–Kier alpha value is -3.20. The summed E-state index contributed by atoms with van der Waals surface area (Å²) in [4.78, 5) is 26.0. The van der Waals surface area contributed by atoms with E-state index in [9.17, 15) is 9.59 Å². The maximum Gasteiger partial charge on any atom is 0.282 e. The van der Waals surface area contributed by atoms with Crippen molar-refractivity contribution in [2.75, 3.05) is 13.2 Å². The Balaban J connectivity index is 1.69. The summed E-state index contributed by atoms with van der Waals surface area (Å²) in [5.74, 6) is 0.279. The molecule has 0 aromatic heterocycles. The first kappa shape index (κ1) is 21.0. The molecular formula is C24H19IN2O4. The van der Waals surface area contributed by atoms with Crippen molar-refractivity contribution in [3.63, 3.8) is 0 Å². The largest absolute Gasteiger partial charge is 0.490 e. The molecule has 0 aliphatic carbocycles. The highest BCUT2D eigenvalue weighted by Crippen LogP contribution is 2.34. The molecule has 2 amide bonds. The monoisotopic (exact) mass is 526 g/mol. The second-order valence-electron chi connectivity index (χ2n) is 6.74. The molecule has 1 heterocycles. The van der Waals surface area contributed by atoms with Gasteiger partial charge in [0.05, 0.1) is 27.5 Å². The van der Waals surface area contributed by atoms with Crippen molar-refractivity contribution in [1.29, 1.82) is 0 Å². The van der Waals surface area contributed by atoms with E-state index < -0.39 is 11.8 Å². The highest BCUT2D eigenvalue weighted by atomic mass is 127. The van der Waals surface area contributed by atoms with E-state index >= 15 is 0 Å². The van der Waals surface area contributed by atoms with E-state index in [0.717, 1.165) is 14.0 Å². The van der Waals surface area contributed by atoms with Crippen molar-refractivity contribution in [2.24, 2.45) is 5.10 Å². The number of rotatable bonds is 7. The molecule has 0 radical (unpaired) electrons. The molecule has 3 aromatic carbocycles. The Morgan fingerprint density at radius 1 is 1.06 bits per heavy atom. The number of benzene rings is 3. The summed E-state index contributed by atoms with van der Waals surface area (Å²) < 4.78 is 12.2. The summed E-state index contributed by atoms with van der Waals surface area (Å²) in [7, 11) is 0. The third kappa shape index (κ3) is 3.93. The molecule has 0 N–H and O–H groups in total. The minimum Gasteiger partial charge on any atom is -0.490 e. The molecule has 0 saturated heterocycles. The summed E-state index contributed by atoms with van der Waals surface area (Å²) >= 11 is 2.15. The van der Waals surface area contributed by atoms with Gasteiger partial charge in [0.25, 0.3) is 11.8 Å². The lowest BCUT2D eigenvalue weighted by molar-refractivity contribution is 0.0616. The second-order valence-corrected chi connectivity index (χ2v) is 7.90. The molecule has 0 fully saturated rings. The molecule has 4 rings (SSSR count). The molecule has 156 valence electrons. The Labute approximate surface area is 193 Å². The van der Waals surface area contributed by atoms with Gasteiger partial charge in [-0.25, -0.2) is 0 Å². The van der Waals surface area contributed by atoms with Crippen LogP contribution in [-0.4, -0.2) is 36.3 Å². The van der Waals surface area contributed by atoms with Crippen LogP contribution in [0.5, 0.6) is 11.5 Å². The third-order valence-electron chi connectivity index (χ3n) is 4.75. The summed E-state index contributed by atoms with van der Waals surface area (Å²) in [5, 5.41) is 6.66. The van der Waals surface area contributed by atoms with Crippen LogP contribution in [0.2, 0.25) is 0 Å². The van der Waals surface area contributed by atoms with Crippen LogP contribution in [0, 0.1) is 3.57 Å². The molecule has 0 saturated carbocycles. The van der Waals surface area contributed by atoms with E-state index in [-0.39, 0.29) is 0 Å². The Morgan fingerprint density at radius 3 is 2.35 bits per heavy atom. The van der Waals surface area contributed by atoms with Gasteiger partial charge in [-0.1, -0.05) is 36.9 Å². The number of carbonyl (C=O) groups is 2. The average molecular weight is 526 g/mol. The van der Waals surface area contributed by atoms with Crippen molar-refractivity contribution in [3.05, 3.63) is 81.4 Å². The number of halogens is 1. The van der Waals surface area contributed by atoms with Crippen LogP contribution in [0.1, 0.15) is 33.2 Å². The first-order valence-electron chi connectivity index (χ1n) is 9.69. The van der Waals surface area contributed by atoms with E-state index in [0.29, 0.717) is 46.8 Å². The number of carbonyl (C=O) groups excluding carboxylic acids is 2. The summed E-state index contributed by atoms with van der Waals surface area (Å²) in [6.07, 6.45) is 3.14. The van der Waals surface area contributed by atoms with Gasteiger partial charge >= 0.3 is 0 Å². The maximum absolute atomic E-state index is 13.0. The average Bonchev–Trinajstić information content (AvgIpc) is 2.77. The molecule has 0 atom stereocenters. The standard InChI is InChI=1S/C24H19IN2O4/c1-3-11-31-22-19(25)12-15(13-20(22)30-4-2)14-26-27-23(28)17-9-5-7-16-8-6-10-18(21(16)17)24(27)29/h3,5-10,12-14H,1,4,11H2,2H3. The molecule has 0 spiro atoms. The number of hydrogen-bond donors (Lipinski definition) is 0. The van der Waals surface area contributed by atoms with E-state index in [1.54, 1.807) is 36.4 Å². The lowest BCUT2D eigenvalue weighted by atomic mass is 9.95. The SMILES string of the molecule is C=CCOc1c(I)cc(C=NN2C(=O)c3cccc4cccc(c34)C2=O)cc1OCC. The Kier molecular flexibility index (Phi) is 6.03. The minimum absolute atomic E-state index is 0.352. The fraction of sp³-hybridized carbons (Fsp3) is 0.125. The van der Waals surface area contributed by atoms with Gasteiger partial charge in [-0.15, -0.1) is 0 Å². The Bertz CT molecular complexity index is 1180. The molecule has 0 bridgehead atoms. The topological polar surface area (TPSA) is 68.2 Å². The third-order valence-corrected chi connectivity index (χ3v) is 5.55. The van der Waals surface area contributed by atoms with Gasteiger partial charge in [0, 0.05) is 5.39 Å². The predicted molar refractivity (Wildman–Crippen MR) is 128 cm³/mol. The number of hydrazone groups is 1. The van der Waals surface area contributed by atoms with Gasteiger partial charge < -0.3 is 9.47 Å². The van der Waals surface area contributed by atoms with Crippen molar-refractivity contribution in [3.8, 4) is 11.5 Å². The van der Waals surface area contributed by atoms with Gasteiger partial charge in [-0.2, -0.15) is 10.1 Å². The number of nitrogens with zero attached hydrogens (tertiary/aromatic N) is 2. The first-order valence-corrected chi connectivity index (χ1v) is 10.8. The van der Waals surface area contributed by atoms with Crippen LogP contribution in [-0.2, 0) is 0 Å². The minimum atomic E-state index is -0.448. The van der Waals surface area contributed by atoms with E-state index in [1.807, 2.05) is 25.1 Å². The summed E-state index contributed by atoms with van der Waals surface area (Å²) in [5.41, 5.74) is 1.60. The van der Waals surface area contributed by atoms with Crippen LogP contribution < -0.4 is 9.47 Å². The zero-order valence-electron chi connectivity index (χ0n) is 16.8. The fourth-order valence-corrected chi connectivity index (χ4v) is 4.24. The molecule has 0 unspecified atom stereocenters. The smallest absolute Gasteiger partial charge is 0.282 e. The number of hydrogen-bond acceptors (Lipinski definition) is 5. The normalized spacial score (nSPS) is 13.2. The molecular weight excluding hydrogens is 507 g/mol. The summed E-state index contributed by atoms with van der Waals surface area (Å²) in [6.45, 7) is 6.36. The molecule has 7 heteroatoms. The highest BCUT2D eigenvalue weighted by Gasteiger charge is 2.32.